The molecular formula is C72H145N3O36. The van der Waals surface area contributed by atoms with E-state index in [0.717, 1.165) is 0 Å². The number of ether oxygens (including phenoxy) is 35. The lowest BCUT2D eigenvalue weighted by atomic mass is 10.6. The minimum absolute atomic E-state index is 0.0151. The molecule has 0 spiro atoms. The van der Waals surface area contributed by atoms with E-state index in [1.807, 2.05) is 0 Å². The number of nitrogens with zero attached hydrogens (tertiary/aromatic N) is 3. The zero-order chi connectivity index (χ0) is 79.1. The van der Waals surface area contributed by atoms with Crippen molar-refractivity contribution in [1.82, 2.24) is 0 Å². The molecule has 0 unspecified atom stereocenters. The van der Waals surface area contributed by atoms with Crippen LogP contribution in [-0.2, 0) is 166 Å². The first-order valence-electron chi connectivity index (χ1n) is 39.2. The fraction of sp³-hybridized carbons (Fsp3) is 1.00. The highest BCUT2D eigenvalue weighted by molar-refractivity contribution is 4.48. The van der Waals surface area contributed by atoms with Gasteiger partial charge in [-0.25, -0.2) is 0 Å². The maximum absolute atomic E-state index is 8.62. The maximum atomic E-state index is 8.62. The standard InChI is InChI=1S/C72H145N3O36/c73-75-74-1-3-77-5-7-79-9-11-81-13-15-83-17-19-85-21-23-87-25-27-89-29-31-91-33-35-93-37-39-95-41-43-97-45-47-99-49-51-101-53-55-103-57-59-105-61-63-107-65-67-109-69-71-111-72-70-110-68-66-108-64-62-106-60-58-104-56-54-102-52-50-100-48-46-98-44-42-96-40-38-94-36-34-92-32-30-90-28-26-88-24-22-86-20-18-84-16-14-82-12-10-80-8-6-78-4-2-76/h76H,1-72H2. The third-order valence-electron chi connectivity index (χ3n) is 13.3. The summed E-state index contributed by atoms with van der Waals surface area (Å²) in [4.78, 5) is 2.65. The van der Waals surface area contributed by atoms with Crippen LogP contribution in [0.1, 0.15) is 0 Å². The van der Waals surface area contributed by atoms with Crippen molar-refractivity contribution in [3.05, 3.63) is 10.4 Å². The predicted molar refractivity (Wildman–Crippen MR) is 400 cm³/mol. The van der Waals surface area contributed by atoms with Gasteiger partial charge in [0, 0.05) is 11.5 Å². The van der Waals surface area contributed by atoms with E-state index in [4.69, 9.17) is 176 Å². The lowest BCUT2D eigenvalue weighted by molar-refractivity contribution is -0.0327. The van der Waals surface area contributed by atoms with E-state index >= 15 is 0 Å². The Morgan fingerprint density at radius 1 is 0.126 bits per heavy atom. The third kappa shape index (κ3) is 108. The zero-order valence-electron chi connectivity index (χ0n) is 67.0. The normalized spacial score (nSPS) is 11.7. The first-order valence-corrected chi connectivity index (χ1v) is 39.2. The molecule has 0 aliphatic rings. The molecule has 0 rings (SSSR count). The molecule has 39 nitrogen and oxygen atoms in total. The molecule has 0 fully saturated rings. The van der Waals surface area contributed by atoms with Crippen molar-refractivity contribution < 1.29 is 171 Å². The summed E-state index contributed by atoms with van der Waals surface area (Å²) in [5.74, 6) is 0. The van der Waals surface area contributed by atoms with Crippen molar-refractivity contribution in [3.8, 4) is 0 Å². The fourth-order valence-electron chi connectivity index (χ4n) is 7.79. The lowest BCUT2D eigenvalue weighted by Gasteiger charge is -2.09. The van der Waals surface area contributed by atoms with Crippen molar-refractivity contribution >= 4 is 0 Å². The Kier molecular flexibility index (Phi) is 106. The van der Waals surface area contributed by atoms with Gasteiger partial charge in [-0.05, 0) is 5.53 Å². The number of rotatable bonds is 107. The van der Waals surface area contributed by atoms with Gasteiger partial charge < -0.3 is 171 Å². The minimum Gasteiger partial charge on any atom is -0.394 e. The molecule has 664 valence electrons. The molecule has 0 saturated carbocycles. The third-order valence-corrected chi connectivity index (χ3v) is 13.3. The molecule has 0 saturated heterocycles. The summed E-state index contributed by atoms with van der Waals surface area (Å²) in [6, 6.07) is 0. The highest BCUT2D eigenvalue weighted by atomic mass is 16.6. The Balaban J connectivity index is 3.10. The van der Waals surface area contributed by atoms with Gasteiger partial charge in [-0.2, -0.15) is 0 Å². The Morgan fingerprint density at radius 3 is 0.270 bits per heavy atom. The van der Waals surface area contributed by atoms with E-state index < -0.39 is 0 Å². The molecule has 1 N–H and O–H groups in total. The molecule has 39 heteroatoms. The second-order valence-electron chi connectivity index (χ2n) is 22.1. The van der Waals surface area contributed by atoms with Crippen LogP contribution in [0.25, 0.3) is 10.4 Å². The van der Waals surface area contributed by atoms with Gasteiger partial charge in [-0.15, -0.1) is 0 Å². The second kappa shape index (κ2) is 108. The molecule has 0 amide bonds. The average molecular weight is 1630 g/mol. The Morgan fingerprint density at radius 2 is 0.198 bits per heavy atom. The van der Waals surface area contributed by atoms with E-state index in [2.05, 4.69) is 10.0 Å². The molecule has 0 aliphatic heterocycles. The maximum Gasteiger partial charge on any atom is 0.0701 e. The Bertz CT molecular complexity index is 1660. The van der Waals surface area contributed by atoms with Crippen molar-refractivity contribution in [2.75, 3.05) is 476 Å². The number of aliphatic hydroxyl groups excluding tert-OH is 1. The molecule has 0 atom stereocenters. The van der Waals surface area contributed by atoms with Crippen LogP contribution in [0.5, 0.6) is 0 Å². The van der Waals surface area contributed by atoms with Crippen molar-refractivity contribution in [2.24, 2.45) is 5.11 Å². The minimum atomic E-state index is 0.0151. The van der Waals surface area contributed by atoms with Crippen LogP contribution in [0.15, 0.2) is 5.11 Å². The topological polar surface area (TPSA) is 392 Å². The van der Waals surface area contributed by atoms with Gasteiger partial charge in [0.2, 0.25) is 0 Å². The van der Waals surface area contributed by atoms with Gasteiger partial charge in [-0.1, -0.05) is 5.11 Å². The summed E-state index contributed by atoms with van der Waals surface area (Å²) in [6.07, 6.45) is 0. The fourth-order valence-corrected chi connectivity index (χ4v) is 7.79. The van der Waals surface area contributed by atoms with Crippen molar-refractivity contribution in [3.63, 3.8) is 0 Å². The van der Waals surface area contributed by atoms with E-state index in [1.165, 1.54) is 0 Å². The van der Waals surface area contributed by atoms with E-state index in [-0.39, 0.29) is 6.61 Å². The number of aliphatic hydroxyl groups is 1. The predicted octanol–water partition coefficient (Wildman–Crippen LogP) is 0.870. The van der Waals surface area contributed by atoms with Crippen LogP contribution in [-0.4, -0.2) is 481 Å². The lowest BCUT2D eigenvalue weighted by Crippen LogP contribution is -2.16. The summed E-state index contributed by atoms with van der Waals surface area (Å²) >= 11 is 0. The summed E-state index contributed by atoms with van der Waals surface area (Å²) in [6.45, 7) is 33.5. The molecule has 0 heterocycles. The largest absolute Gasteiger partial charge is 0.394 e. The first kappa shape index (κ1) is 109. The Labute approximate surface area is 660 Å². The molecule has 0 aromatic heterocycles. The average Bonchev–Trinajstić information content (AvgIpc) is 3.81. The smallest absolute Gasteiger partial charge is 0.0701 e. The van der Waals surface area contributed by atoms with E-state index in [0.29, 0.717) is 469 Å². The molecule has 0 radical (unpaired) electrons. The summed E-state index contributed by atoms with van der Waals surface area (Å²) in [7, 11) is 0. The van der Waals surface area contributed by atoms with Crippen LogP contribution in [0.3, 0.4) is 0 Å². The van der Waals surface area contributed by atoms with E-state index in [1.54, 1.807) is 0 Å². The Hall–Kier alpha value is -2.13. The number of hydrogen-bond acceptors (Lipinski definition) is 37. The SMILES string of the molecule is [N-]=[N+]=NCCOCCOCCOCCOCCOCCOCCOCCOCCOCCOCCOCCOCCOCCOCCOCCOCCOCCOCCOCCOCCOCCOCCOCCOCCOCCOCCOCCOCCOCCOCCOCCOCCOCCOCCOCCO. The second-order valence-corrected chi connectivity index (χ2v) is 22.1. The molecule has 0 aromatic rings. The summed E-state index contributed by atoms with van der Waals surface area (Å²) in [5, 5.41) is 12.0. The quantitative estimate of drug-likeness (QED) is 0.0382. The number of hydrogen-bond donors (Lipinski definition) is 1. The van der Waals surface area contributed by atoms with Crippen molar-refractivity contribution in [1.29, 1.82) is 0 Å². The van der Waals surface area contributed by atoms with Crippen LogP contribution < -0.4 is 0 Å². The highest BCUT2D eigenvalue weighted by Gasteiger charge is 2.04. The van der Waals surface area contributed by atoms with Crippen LogP contribution in [0.2, 0.25) is 0 Å². The van der Waals surface area contributed by atoms with E-state index in [9.17, 15) is 0 Å². The van der Waals surface area contributed by atoms with Crippen LogP contribution in [0, 0.1) is 0 Å². The van der Waals surface area contributed by atoms with Gasteiger partial charge in [-0.3, -0.25) is 0 Å². The molecule has 111 heavy (non-hydrogen) atoms. The van der Waals surface area contributed by atoms with Gasteiger partial charge in [0.25, 0.3) is 0 Å². The van der Waals surface area contributed by atoms with Gasteiger partial charge in [0.1, 0.15) is 0 Å². The first-order chi connectivity index (χ1) is 55.4. The molecule has 0 bridgehead atoms. The monoisotopic (exact) mass is 1630 g/mol. The number of azide groups is 1. The van der Waals surface area contributed by atoms with Gasteiger partial charge in [0.15, 0.2) is 0 Å². The molecule has 0 aromatic carbocycles. The highest BCUT2D eigenvalue weighted by Crippen LogP contribution is 1.95. The van der Waals surface area contributed by atoms with Crippen LogP contribution >= 0.6 is 0 Å². The zero-order valence-corrected chi connectivity index (χ0v) is 67.0. The van der Waals surface area contributed by atoms with Gasteiger partial charge >= 0.3 is 0 Å². The van der Waals surface area contributed by atoms with Crippen LogP contribution in [0.4, 0.5) is 0 Å². The van der Waals surface area contributed by atoms with Crippen molar-refractivity contribution in [2.45, 2.75) is 0 Å². The molecular weight excluding hydrogens is 1480 g/mol. The summed E-state index contributed by atoms with van der Waals surface area (Å²) < 4.78 is 192. The molecule has 0 aliphatic carbocycles. The summed E-state index contributed by atoms with van der Waals surface area (Å²) in [5.41, 5.74) is 8.18. The van der Waals surface area contributed by atoms with Gasteiger partial charge in [0.05, 0.1) is 469 Å².